The maximum atomic E-state index is 13.3. The van der Waals surface area contributed by atoms with Gasteiger partial charge >= 0.3 is 5.97 Å². The first-order chi connectivity index (χ1) is 16.6. The minimum Gasteiger partial charge on any atom is -0.480 e. The molecule has 0 radical (unpaired) electrons. The van der Waals surface area contributed by atoms with Crippen LogP contribution in [0.1, 0.15) is 45.6 Å². The maximum Gasteiger partial charge on any atom is 0.326 e. The number of hydrogen-bond acceptors (Lipinski definition) is 5. The number of para-hydroxylation sites is 1. The Kier molecular flexibility index (Phi) is 8.50. The van der Waals surface area contributed by atoms with Gasteiger partial charge in [-0.15, -0.1) is 0 Å². The van der Waals surface area contributed by atoms with Gasteiger partial charge in [0.2, 0.25) is 17.7 Å². The van der Waals surface area contributed by atoms with Crippen molar-refractivity contribution in [2.45, 2.75) is 70.6 Å². The van der Waals surface area contributed by atoms with E-state index >= 15 is 0 Å². The molecular weight excluding hydrogens is 450 g/mol. The average Bonchev–Trinajstić information content (AvgIpc) is 3.48. The second-order valence-corrected chi connectivity index (χ2v) is 9.31. The third-order valence-corrected chi connectivity index (χ3v) is 6.74. The molecule has 3 amide bonds. The predicted octanol–water partition coefficient (Wildman–Crippen LogP) is 1.15. The normalized spacial score (nSPS) is 19.1. The summed E-state index contributed by atoms with van der Waals surface area (Å²) in [4.78, 5) is 55.5. The van der Waals surface area contributed by atoms with Crippen LogP contribution >= 0.6 is 0 Å². The fourth-order valence-corrected chi connectivity index (χ4v) is 4.50. The summed E-state index contributed by atoms with van der Waals surface area (Å²) in [5, 5.41) is 16.0. The molecule has 5 unspecified atom stereocenters. The Morgan fingerprint density at radius 3 is 2.57 bits per heavy atom. The summed E-state index contributed by atoms with van der Waals surface area (Å²) >= 11 is 0. The van der Waals surface area contributed by atoms with Crippen molar-refractivity contribution in [2.24, 2.45) is 11.7 Å². The number of carbonyl (C=O) groups is 4. The van der Waals surface area contributed by atoms with Gasteiger partial charge in [-0.2, -0.15) is 0 Å². The molecule has 10 nitrogen and oxygen atoms in total. The Bertz CT molecular complexity index is 1080. The van der Waals surface area contributed by atoms with E-state index in [0.29, 0.717) is 25.8 Å². The number of aromatic amines is 1. The highest BCUT2D eigenvalue weighted by Crippen LogP contribution is 2.21. The van der Waals surface area contributed by atoms with Gasteiger partial charge in [0.25, 0.3) is 0 Å². The Balaban J connectivity index is 1.85. The first-order valence-corrected chi connectivity index (χ1v) is 12.1. The van der Waals surface area contributed by atoms with Crippen molar-refractivity contribution in [3.63, 3.8) is 0 Å². The summed E-state index contributed by atoms with van der Waals surface area (Å²) < 4.78 is 0. The first-order valence-electron chi connectivity index (χ1n) is 12.1. The number of amides is 3. The lowest BCUT2D eigenvalue weighted by molar-refractivity contribution is -0.144. The Labute approximate surface area is 204 Å². The fraction of sp³-hybridized carbons (Fsp3) is 0.520. The molecule has 1 aromatic carbocycles. The molecule has 35 heavy (non-hydrogen) atoms. The number of nitrogens with zero attached hydrogens (tertiary/aromatic N) is 1. The SMILES string of the molecule is CCC(C)C(NC(=O)C(Cc1c[nH]c2ccccc12)NC(=O)C1CCCN1C(=O)C(C)N)C(=O)O. The number of carboxylic acid groups (broad SMARTS) is 1. The second kappa shape index (κ2) is 11.4. The van der Waals surface area contributed by atoms with E-state index in [2.05, 4.69) is 15.6 Å². The summed E-state index contributed by atoms with van der Waals surface area (Å²) in [5.74, 6) is -2.78. The van der Waals surface area contributed by atoms with Crippen molar-refractivity contribution in [3.8, 4) is 0 Å². The lowest BCUT2D eigenvalue weighted by Gasteiger charge is -2.28. The lowest BCUT2D eigenvalue weighted by atomic mass is 9.98. The number of benzene rings is 1. The van der Waals surface area contributed by atoms with Gasteiger partial charge in [0.1, 0.15) is 18.1 Å². The van der Waals surface area contributed by atoms with E-state index in [-0.39, 0.29) is 18.2 Å². The lowest BCUT2D eigenvalue weighted by Crippen LogP contribution is -2.57. The van der Waals surface area contributed by atoms with Crippen LogP contribution in [0.4, 0.5) is 0 Å². The summed E-state index contributed by atoms with van der Waals surface area (Å²) in [7, 11) is 0. The molecule has 3 rings (SSSR count). The van der Waals surface area contributed by atoms with Crippen LogP contribution in [-0.2, 0) is 25.6 Å². The maximum absolute atomic E-state index is 13.3. The van der Waals surface area contributed by atoms with E-state index in [4.69, 9.17) is 5.73 Å². The third-order valence-electron chi connectivity index (χ3n) is 6.74. The Morgan fingerprint density at radius 2 is 1.91 bits per heavy atom. The number of H-pyrrole nitrogens is 1. The molecule has 10 heteroatoms. The van der Waals surface area contributed by atoms with Gasteiger partial charge in [-0.05, 0) is 37.3 Å². The number of rotatable bonds is 10. The third kappa shape index (κ3) is 6.00. The van der Waals surface area contributed by atoms with E-state index < -0.39 is 42.0 Å². The molecule has 6 N–H and O–H groups in total. The van der Waals surface area contributed by atoms with Crippen LogP contribution in [0, 0.1) is 5.92 Å². The van der Waals surface area contributed by atoms with Gasteiger partial charge in [0.05, 0.1) is 6.04 Å². The van der Waals surface area contributed by atoms with Crippen molar-refractivity contribution >= 4 is 34.6 Å². The number of nitrogens with two attached hydrogens (primary N) is 1. The molecule has 2 heterocycles. The van der Waals surface area contributed by atoms with Gasteiger partial charge in [-0.1, -0.05) is 38.5 Å². The molecule has 1 aromatic heterocycles. The van der Waals surface area contributed by atoms with Crippen molar-refractivity contribution in [1.29, 1.82) is 0 Å². The predicted molar refractivity (Wildman–Crippen MR) is 131 cm³/mol. The number of aliphatic carboxylic acids is 1. The van der Waals surface area contributed by atoms with Crippen molar-refractivity contribution in [1.82, 2.24) is 20.5 Å². The molecule has 0 spiro atoms. The Morgan fingerprint density at radius 1 is 1.20 bits per heavy atom. The topological polar surface area (TPSA) is 158 Å². The summed E-state index contributed by atoms with van der Waals surface area (Å²) in [6.45, 7) is 5.60. The van der Waals surface area contributed by atoms with E-state index in [1.54, 1.807) is 20.0 Å². The minimum atomic E-state index is -1.13. The van der Waals surface area contributed by atoms with Crippen molar-refractivity contribution in [2.75, 3.05) is 6.54 Å². The van der Waals surface area contributed by atoms with Crippen LogP contribution in [0.2, 0.25) is 0 Å². The number of carbonyl (C=O) groups excluding carboxylic acids is 3. The molecule has 0 bridgehead atoms. The van der Waals surface area contributed by atoms with Crippen molar-refractivity contribution < 1.29 is 24.3 Å². The summed E-state index contributed by atoms with van der Waals surface area (Å²) in [5.41, 5.74) is 7.45. The average molecular weight is 486 g/mol. The molecular formula is C25H35N5O5. The van der Waals surface area contributed by atoms with E-state index in [1.807, 2.05) is 31.2 Å². The minimum absolute atomic E-state index is 0.155. The number of aromatic nitrogens is 1. The molecule has 1 fully saturated rings. The molecule has 5 atom stereocenters. The molecule has 1 aliphatic heterocycles. The quantitative estimate of drug-likeness (QED) is 0.340. The smallest absolute Gasteiger partial charge is 0.326 e. The molecule has 1 aliphatic rings. The van der Waals surface area contributed by atoms with E-state index in [1.165, 1.54) is 4.90 Å². The molecule has 190 valence electrons. The monoisotopic (exact) mass is 485 g/mol. The van der Waals surface area contributed by atoms with E-state index in [0.717, 1.165) is 16.5 Å². The van der Waals surface area contributed by atoms with Crippen LogP contribution in [0.5, 0.6) is 0 Å². The van der Waals surface area contributed by atoms with Gasteiger partial charge in [0.15, 0.2) is 0 Å². The number of hydrogen-bond donors (Lipinski definition) is 5. The fourth-order valence-electron chi connectivity index (χ4n) is 4.50. The number of nitrogens with one attached hydrogen (secondary N) is 3. The standard InChI is InChI=1S/C25H35N5O5/c1-4-14(2)21(25(34)35)29-22(31)19(12-16-13-27-18-9-6-5-8-17(16)18)28-23(32)20-10-7-11-30(20)24(33)15(3)26/h5-6,8-9,13-15,19-21,27H,4,7,10-12,26H2,1-3H3,(H,28,32)(H,29,31)(H,34,35). The zero-order valence-electron chi connectivity index (χ0n) is 20.4. The molecule has 2 aromatic rings. The van der Waals surface area contributed by atoms with Crippen LogP contribution in [0.15, 0.2) is 30.5 Å². The van der Waals surface area contributed by atoms with Gasteiger partial charge in [0, 0.05) is 30.1 Å². The van der Waals surface area contributed by atoms with Crippen LogP contribution in [0.3, 0.4) is 0 Å². The highest BCUT2D eigenvalue weighted by molar-refractivity contribution is 5.95. The largest absolute Gasteiger partial charge is 0.480 e. The zero-order chi connectivity index (χ0) is 25.7. The van der Waals surface area contributed by atoms with Gasteiger partial charge < -0.3 is 31.4 Å². The number of carboxylic acids is 1. The molecule has 0 saturated carbocycles. The molecule has 1 saturated heterocycles. The highest BCUT2D eigenvalue weighted by Gasteiger charge is 2.37. The molecule has 0 aliphatic carbocycles. The second-order valence-electron chi connectivity index (χ2n) is 9.31. The Hall–Kier alpha value is -3.40. The van der Waals surface area contributed by atoms with Crippen LogP contribution < -0.4 is 16.4 Å². The number of fused-ring (bicyclic) bond motifs is 1. The van der Waals surface area contributed by atoms with Crippen molar-refractivity contribution in [3.05, 3.63) is 36.0 Å². The van der Waals surface area contributed by atoms with Crippen LogP contribution in [-0.4, -0.2) is 69.4 Å². The zero-order valence-corrected chi connectivity index (χ0v) is 20.4. The first kappa shape index (κ1) is 26.2. The van der Waals surface area contributed by atoms with E-state index in [9.17, 15) is 24.3 Å². The number of likely N-dealkylation sites (tertiary alicyclic amines) is 1. The highest BCUT2D eigenvalue weighted by atomic mass is 16.4. The summed E-state index contributed by atoms with van der Waals surface area (Å²) in [6.07, 6.45) is 3.62. The van der Waals surface area contributed by atoms with Gasteiger partial charge in [-0.3, -0.25) is 14.4 Å². The summed E-state index contributed by atoms with van der Waals surface area (Å²) in [6, 6.07) is 4.02. The van der Waals surface area contributed by atoms with Gasteiger partial charge in [-0.25, -0.2) is 4.79 Å². The van der Waals surface area contributed by atoms with Crippen LogP contribution in [0.25, 0.3) is 10.9 Å².